The molecule has 0 fully saturated rings. The largest absolute Gasteiger partial charge is 0.286 e. The molecule has 0 N–H and O–H groups in total. The molecule has 2 heterocycles. The Morgan fingerprint density at radius 2 is 1.83 bits per heavy atom. The van der Waals surface area contributed by atoms with E-state index in [4.69, 9.17) is 4.98 Å². The highest BCUT2D eigenvalue weighted by molar-refractivity contribution is 7.98. The van der Waals surface area contributed by atoms with Gasteiger partial charge in [0, 0.05) is 17.2 Å². The highest BCUT2D eigenvalue weighted by Crippen LogP contribution is 2.33. The summed E-state index contributed by atoms with van der Waals surface area (Å²) in [7, 11) is 0. The second kappa shape index (κ2) is 8.56. The monoisotopic (exact) mass is 420 g/mol. The SMILES string of the molecule is CCCn1c(SCc2ccccc2C)nc2cc(-c3ccc(C)cc3)sc2c1=O. The van der Waals surface area contributed by atoms with Gasteiger partial charge in [0.05, 0.1) is 5.52 Å². The van der Waals surface area contributed by atoms with Crippen molar-refractivity contribution < 1.29 is 0 Å². The molecule has 0 radical (unpaired) electrons. The van der Waals surface area contributed by atoms with Gasteiger partial charge in [0.2, 0.25) is 0 Å². The quantitative estimate of drug-likeness (QED) is 0.266. The fraction of sp³-hybridized carbons (Fsp3) is 0.250. The maximum Gasteiger partial charge on any atom is 0.272 e. The minimum atomic E-state index is 0.0764. The van der Waals surface area contributed by atoms with Crippen LogP contribution in [0.25, 0.3) is 20.7 Å². The van der Waals surface area contributed by atoms with Crippen LogP contribution in [-0.2, 0) is 12.3 Å². The first kappa shape index (κ1) is 19.9. The molecule has 0 unspecified atom stereocenters. The van der Waals surface area contributed by atoms with Crippen LogP contribution in [0, 0.1) is 13.8 Å². The van der Waals surface area contributed by atoms with E-state index in [1.54, 1.807) is 23.1 Å². The number of benzene rings is 2. The molecule has 4 aromatic rings. The molecular weight excluding hydrogens is 396 g/mol. The summed E-state index contributed by atoms with van der Waals surface area (Å²) in [4.78, 5) is 19.2. The number of rotatable bonds is 6. The third kappa shape index (κ3) is 4.16. The molecule has 2 aromatic heterocycles. The summed E-state index contributed by atoms with van der Waals surface area (Å²) in [6.45, 7) is 6.99. The summed E-state index contributed by atoms with van der Waals surface area (Å²) in [6, 6.07) is 18.9. The van der Waals surface area contributed by atoms with Crippen LogP contribution in [0.1, 0.15) is 30.0 Å². The maximum atomic E-state index is 13.2. The van der Waals surface area contributed by atoms with Crippen LogP contribution >= 0.6 is 23.1 Å². The van der Waals surface area contributed by atoms with Gasteiger partial charge in [-0.15, -0.1) is 11.3 Å². The topological polar surface area (TPSA) is 34.9 Å². The second-order valence-corrected chi connectivity index (χ2v) is 9.25. The Kier molecular flexibility index (Phi) is 5.88. The molecule has 5 heteroatoms. The molecule has 2 aromatic carbocycles. The predicted octanol–water partition coefficient (Wildman–Crippen LogP) is 6.44. The van der Waals surface area contributed by atoms with Crippen LogP contribution < -0.4 is 5.56 Å². The third-order valence-corrected chi connectivity index (χ3v) is 7.19. The van der Waals surface area contributed by atoms with Gasteiger partial charge >= 0.3 is 0 Å². The van der Waals surface area contributed by atoms with Crippen molar-refractivity contribution in [2.24, 2.45) is 0 Å². The molecule has 0 saturated heterocycles. The lowest BCUT2D eigenvalue weighted by Crippen LogP contribution is -2.22. The summed E-state index contributed by atoms with van der Waals surface area (Å²) in [5.74, 6) is 0.809. The molecule has 0 aliphatic heterocycles. The van der Waals surface area contributed by atoms with Crippen molar-refractivity contribution in [1.82, 2.24) is 9.55 Å². The van der Waals surface area contributed by atoms with Crippen molar-refractivity contribution in [3.05, 3.63) is 81.6 Å². The molecule has 0 aliphatic rings. The van der Waals surface area contributed by atoms with Crippen molar-refractivity contribution in [3.63, 3.8) is 0 Å². The molecule has 0 aliphatic carbocycles. The van der Waals surface area contributed by atoms with Gasteiger partial charge < -0.3 is 0 Å². The van der Waals surface area contributed by atoms with E-state index in [1.165, 1.54) is 16.7 Å². The van der Waals surface area contributed by atoms with Gasteiger partial charge in [-0.2, -0.15) is 0 Å². The average molecular weight is 421 g/mol. The summed E-state index contributed by atoms with van der Waals surface area (Å²) in [6.07, 6.45) is 0.904. The van der Waals surface area contributed by atoms with Crippen molar-refractivity contribution in [3.8, 4) is 10.4 Å². The first-order valence-corrected chi connectivity index (χ1v) is 11.7. The van der Waals surface area contributed by atoms with Crippen molar-refractivity contribution >= 4 is 33.3 Å². The van der Waals surface area contributed by atoms with Crippen LogP contribution in [-0.4, -0.2) is 9.55 Å². The van der Waals surface area contributed by atoms with Crippen molar-refractivity contribution in [2.45, 2.75) is 44.6 Å². The number of thioether (sulfide) groups is 1. The van der Waals surface area contributed by atoms with E-state index in [9.17, 15) is 4.79 Å². The Morgan fingerprint density at radius 1 is 1.07 bits per heavy atom. The fourth-order valence-electron chi connectivity index (χ4n) is 3.30. The standard InChI is InChI=1S/C24H24N2OS2/c1-4-13-26-23(27)22-20(14-21(29-22)18-11-9-16(2)10-12-18)25-24(26)28-15-19-8-6-5-7-17(19)3/h5-12,14H,4,13,15H2,1-3H3. The number of fused-ring (bicyclic) bond motifs is 1. The molecule has 0 bridgehead atoms. The lowest BCUT2D eigenvalue weighted by atomic mass is 10.1. The van der Waals surface area contributed by atoms with E-state index < -0.39 is 0 Å². The first-order chi connectivity index (χ1) is 14.1. The highest BCUT2D eigenvalue weighted by Gasteiger charge is 2.15. The van der Waals surface area contributed by atoms with Gasteiger partial charge in [0.1, 0.15) is 4.70 Å². The molecule has 0 spiro atoms. The third-order valence-electron chi connectivity index (χ3n) is 5.00. The van der Waals surface area contributed by atoms with Crippen LogP contribution in [0.4, 0.5) is 0 Å². The minimum absolute atomic E-state index is 0.0764. The summed E-state index contributed by atoms with van der Waals surface area (Å²) in [5, 5.41) is 0.806. The number of thiophene rings is 1. The lowest BCUT2D eigenvalue weighted by Gasteiger charge is -2.11. The summed E-state index contributed by atoms with van der Waals surface area (Å²) >= 11 is 3.19. The number of nitrogens with zero attached hydrogens (tertiary/aromatic N) is 2. The molecule has 4 rings (SSSR count). The Hall–Kier alpha value is -2.37. The Labute approximate surface area is 179 Å². The second-order valence-electron chi connectivity index (χ2n) is 7.26. The number of aromatic nitrogens is 2. The van der Waals surface area contributed by atoms with Gasteiger partial charge in [0.25, 0.3) is 5.56 Å². The molecule has 0 saturated carbocycles. The van der Waals surface area contributed by atoms with E-state index in [1.807, 2.05) is 4.57 Å². The van der Waals surface area contributed by atoms with Crippen LogP contribution in [0.2, 0.25) is 0 Å². The minimum Gasteiger partial charge on any atom is -0.286 e. The summed E-state index contributed by atoms with van der Waals surface area (Å²) in [5.41, 5.74) is 5.79. The molecule has 29 heavy (non-hydrogen) atoms. The zero-order chi connectivity index (χ0) is 20.4. The molecule has 3 nitrogen and oxygen atoms in total. The van der Waals surface area contributed by atoms with Crippen molar-refractivity contribution in [2.75, 3.05) is 0 Å². The maximum absolute atomic E-state index is 13.2. The number of aryl methyl sites for hydroxylation is 2. The lowest BCUT2D eigenvalue weighted by molar-refractivity contribution is 0.585. The average Bonchev–Trinajstić information content (AvgIpc) is 3.15. The van der Waals surface area contributed by atoms with Gasteiger partial charge in [-0.3, -0.25) is 9.36 Å². The predicted molar refractivity (Wildman–Crippen MR) is 125 cm³/mol. The van der Waals surface area contributed by atoms with Crippen LogP contribution in [0.5, 0.6) is 0 Å². The fourth-order valence-corrected chi connectivity index (χ4v) is 5.45. The zero-order valence-corrected chi connectivity index (χ0v) is 18.6. The molecule has 0 atom stereocenters. The van der Waals surface area contributed by atoms with E-state index >= 15 is 0 Å². The number of hydrogen-bond donors (Lipinski definition) is 0. The Bertz CT molecular complexity index is 1210. The van der Waals surface area contributed by atoms with E-state index in [0.29, 0.717) is 6.54 Å². The van der Waals surface area contributed by atoms with Gasteiger partial charge in [0.15, 0.2) is 5.16 Å². The molecule has 148 valence electrons. The molecular formula is C24H24N2OS2. The van der Waals surface area contributed by atoms with Gasteiger partial charge in [-0.05, 0) is 43.0 Å². The van der Waals surface area contributed by atoms with Gasteiger partial charge in [-0.1, -0.05) is 72.8 Å². The van der Waals surface area contributed by atoms with E-state index in [2.05, 4.69) is 75.4 Å². The van der Waals surface area contributed by atoms with Crippen LogP contribution in [0.3, 0.4) is 0 Å². The van der Waals surface area contributed by atoms with E-state index in [-0.39, 0.29) is 5.56 Å². The highest BCUT2D eigenvalue weighted by atomic mass is 32.2. The van der Waals surface area contributed by atoms with E-state index in [0.717, 1.165) is 38.0 Å². The Morgan fingerprint density at radius 3 is 2.55 bits per heavy atom. The summed E-state index contributed by atoms with van der Waals surface area (Å²) < 4.78 is 2.59. The normalized spacial score (nSPS) is 11.3. The zero-order valence-electron chi connectivity index (χ0n) is 16.9. The Balaban J connectivity index is 1.75. The van der Waals surface area contributed by atoms with Crippen LogP contribution in [0.15, 0.2) is 64.5 Å². The smallest absolute Gasteiger partial charge is 0.272 e. The van der Waals surface area contributed by atoms with Gasteiger partial charge in [-0.25, -0.2) is 4.98 Å². The van der Waals surface area contributed by atoms with Crippen molar-refractivity contribution in [1.29, 1.82) is 0 Å². The first-order valence-electron chi connectivity index (χ1n) is 9.85. The number of hydrogen-bond acceptors (Lipinski definition) is 4. The molecule has 0 amide bonds.